The summed E-state index contributed by atoms with van der Waals surface area (Å²) in [5, 5.41) is 0. The van der Waals surface area contributed by atoms with Crippen LogP contribution in [0.2, 0.25) is 0 Å². The van der Waals surface area contributed by atoms with Crippen molar-refractivity contribution >= 4 is 30.7 Å². The SMILES string of the molecule is CN(CCOc1ccccc1F)C(=O)[C@@H](N)Cc1cn(Cc2ccccc2)cn1.Cl.Cl. The molecule has 1 heterocycles. The van der Waals surface area contributed by atoms with Crippen LogP contribution in [0.25, 0.3) is 0 Å². The van der Waals surface area contributed by atoms with Crippen LogP contribution < -0.4 is 10.5 Å². The molecule has 1 amide bonds. The van der Waals surface area contributed by atoms with Gasteiger partial charge in [0.15, 0.2) is 11.6 Å². The van der Waals surface area contributed by atoms with E-state index in [1.165, 1.54) is 16.5 Å². The zero-order valence-corrected chi connectivity index (χ0v) is 18.8. The molecule has 0 aliphatic carbocycles. The highest BCUT2D eigenvalue weighted by Gasteiger charge is 2.19. The molecule has 0 unspecified atom stereocenters. The number of likely N-dealkylation sites (N-methyl/N-ethyl adjacent to an activating group) is 1. The van der Waals surface area contributed by atoms with Gasteiger partial charge in [0.25, 0.3) is 0 Å². The Balaban J connectivity index is 0.00000240. The molecule has 0 saturated carbocycles. The minimum Gasteiger partial charge on any atom is -0.489 e. The standard InChI is InChI=1S/C22H25FN4O2.2ClH/c1-26(11-12-29-21-10-6-5-9-19(21)23)22(28)20(24)13-18-15-27(16-25-18)14-17-7-3-2-4-8-17;;/h2-10,15-16,20H,11-14,24H2,1H3;2*1H/t20-;;/m0../s1. The van der Waals surface area contributed by atoms with Crippen molar-refractivity contribution in [3.63, 3.8) is 0 Å². The lowest BCUT2D eigenvalue weighted by molar-refractivity contribution is -0.131. The number of halogens is 3. The van der Waals surface area contributed by atoms with Crippen molar-refractivity contribution < 1.29 is 13.9 Å². The van der Waals surface area contributed by atoms with E-state index in [2.05, 4.69) is 4.98 Å². The van der Waals surface area contributed by atoms with E-state index in [4.69, 9.17) is 10.5 Å². The lowest BCUT2D eigenvalue weighted by Gasteiger charge is -2.21. The van der Waals surface area contributed by atoms with Gasteiger partial charge in [-0.2, -0.15) is 0 Å². The summed E-state index contributed by atoms with van der Waals surface area (Å²) in [5.74, 6) is -0.467. The third-order valence-electron chi connectivity index (χ3n) is 4.54. The van der Waals surface area contributed by atoms with Crippen molar-refractivity contribution in [2.24, 2.45) is 5.73 Å². The Hall–Kier alpha value is -2.61. The molecule has 0 aliphatic heterocycles. The van der Waals surface area contributed by atoms with E-state index in [1.54, 1.807) is 31.6 Å². The van der Waals surface area contributed by atoms with Crippen molar-refractivity contribution in [1.29, 1.82) is 0 Å². The molecule has 0 saturated heterocycles. The first kappa shape index (κ1) is 26.4. The first-order chi connectivity index (χ1) is 14.0. The van der Waals surface area contributed by atoms with Crippen molar-refractivity contribution in [2.45, 2.75) is 19.0 Å². The molecule has 1 aromatic heterocycles. The lowest BCUT2D eigenvalue weighted by atomic mass is 10.1. The van der Waals surface area contributed by atoms with Crippen LogP contribution in [0, 0.1) is 5.82 Å². The number of nitrogens with zero attached hydrogens (tertiary/aromatic N) is 3. The molecule has 0 aliphatic rings. The van der Waals surface area contributed by atoms with E-state index >= 15 is 0 Å². The van der Waals surface area contributed by atoms with Gasteiger partial charge in [-0.15, -0.1) is 24.8 Å². The highest BCUT2D eigenvalue weighted by Crippen LogP contribution is 2.15. The van der Waals surface area contributed by atoms with Crippen LogP contribution in [0.15, 0.2) is 67.1 Å². The van der Waals surface area contributed by atoms with Gasteiger partial charge in [-0.05, 0) is 17.7 Å². The third kappa shape index (κ3) is 7.86. The largest absolute Gasteiger partial charge is 0.489 e. The van der Waals surface area contributed by atoms with Gasteiger partial charge in [0.05, 0.1) is 24.6 Å². The van der Waals surface area contributed by atoms with Crippen molar-refractivity contribution in [2.75, 3.05) is 20.2 Å². The lowest BCUT2D eigenvalue weighted by Crippen LogP contribution is -2.44. The van der Waals surface area contributed by atoms with Crippen LogP contribution in [-0.4, -0.2) is 46.6 Å². The number of carbonyl (C=O) groups is 1. The number of ether oxygens (including phenoxy) is 1. The van der Waals surface area contributed by atoms with E-state index in [9.17, 15) is 9.18 Å². The van der Waals surface area contributed by atoms with Crippen LogP contribution in [0.4, 0.5) is 4.39 Å². The van der Waals surface area contributed by atoms with Gasteiger partial charge in [0.2, 0.25) is 5.91 Å². The number of carbonyl (C=O) groups excluding carboxylic acids is 1. The molecule has 0 bridgehead atoms. The predicted molar refractivity (Wildman–Crippen MR) is 123 cm³/mol. The van der Waals surface area contributed by atoms with E-state index in [-0.39, 0.29) is 43.1 Å². The van der Waals surface area contributed by atoms with Crippen molar-refractivity contribution in [3.8, 4) is 5.75 Å². The molecule has 168 valence electrons. The fourth-order valence-corrected chi connectivity index (χ4v) is 2.95. The Labute approximate surface area is 194 Å². The maximum Gasteiger partial charge on any atom is 0.239 e. The van der Waals surface area contributed by atoms with E-state index in [1.807, 2.05) is 41.1 Å². The highest BCUT2D eigenvalue weighted by atomic mass is 35.5. The fraction of sp³-hybridized carbons (Fsp3) is 0.273. The average molecular weight is 469 g/mol. The van der Waals surface area contributed by atoms with Crippen LogP contribution in [0.3, 0.4) is 0 Å². The molecule has 31 heavy (non-hydrogen) atoms. The summed E-state index contributed by atoms with van der Waals surface area (Å²) in [5.41, 5.74) is 8.01. The van der Waals surface area contributed by atoms with Crippen LogP contribution in [0.5, 0.6) is 5.75 Å². The topological polar surface area (TPSA) is 73.4 Å². The Kier molecular flexibility index (Phi) is 11.0. The summed E-state index contributed by atoms with van der Waals surface area (Å²) < 4.78 is 20.9. The van der Waals surface area contributed by atoms with Gasteiger partial charge in [0.1, 0.15) is 6.61 Å². The Morgan fingerprint density at radius 3 is 2.55 bits per heavy atom. The summed E-state index contributed by atoms with van der Waals surface area (Å²) in [6.07, 6.45) is 3.99. The molecule has 0 spiro atoms. The number of amides is 1. The Morgan fingerprint density at radius 2 is 1.84 bits per heavy atom. The normalized spacial score (nSPS) is 11.1. The number of aromatic nitrogens is 2. The number of imidazole rings is 1. The molecule has 0 fully saturated rings. The van der Waals surface area contributed by atoms with Gasteiger partial charge in [0, 0.05) is 26.2 Å². The molecule has 1 atom stereocenters. The van der Waals surface area contributed by atoms with Gasteiger partial charge in [-0.1, -0.05) is 42.5 Å². The first-order valence-electron chi connectivity index (χ1n) is 9.45. The summed E-state index contributed by atoms with van der Waals surface area (Å²) >= 11 is 0. The van der Waals surface area contributed by atoms with Crippen molar-refractivity contribution in [1.82, 2.24) is 14.5 Å². The minimum absolute atomic E-state index is 0. The van der Waals surface area contributed by atoms with Gasteiger partial charge >= 0.3 is 0 Å². The zero-order chi connectivity index (χ0) is 20.6. The van der Waals surface area contributed by atoms with E-state index in [0.29, 0.717) is 19.5 Å². The maximum atomic E-state index is 13.5. The molecule has 2 aromatic carbocycles. The summed E-state index contributed by atoms with van der Waals surface area (Å²) in [6, 6.07) is 15.5. The number of hydrogen-bond donors (Lipinski definition) is 1. The zero-order valence-electron chi connectivity index (χ0n) is 17.2. The smallest absolute Gasteiger partial charge is 0.239 e. The Morgan fingerprint density at radius 1 is 1.16 bits per heavy atom. The van der Waals surface area contributed by atoms with Gasteiger partial charge < -0.3 is 19.9 Å². The number of hydrogen-bond acceptors (Lipinski definition) is 4. The molecule has 6 nitrogen and oxygen atoms in total. The quantitative estimate of drug-likeness (QED) is 0.522. The summed E-state index contributed by atoms with van der Waals surface area (Å²) in [6.45, 7) is 1.20. The summed E-state index contributed by atoms with van der Waals surface area (Å²) in [4.78, 5) is 18.3. The number of benzene rings is 2. The van der Waals surface area contributed by atoms with Crippen molar-refractivity contribution in [3.05, 3.63) is 84.2 Å². The molecular formula is C22H27Cl2FN4O2. The molecule has 9 heteroatoms. The second-order valence-electron chi connectivity index (χ2n) is 6.87. The number of nitrogens with two attached hydrogens (primary N) is 1. The van der Waals surface area contributed by atoms with Crippen LogP contribution >= 0.6 is 24.8 Å². The van der Waals surface area contributed by atoms with Gasteiger partial charge in [-0.25, -0.2) is 9.37 Å². The number of para-hydroxylation sites is 1. The summed E-state index contributed by atoms with van der Waals surface area (Å²) in [7, 11) is 1.65. The molecule has 3 aromatic rings. The van der Waals surface area contributed by atoms with Crippen LogP contribution in [-0.2, 0) is 17.8 Å². The molecule has 3 rings (SSSR count). The monoisotopic (exact) mass is 468 g/mol. The highest BCUT2D eigenvalue weighted by molar-refractivity contribution is 5.85. The molecular weight excluding hydrogens is 442 g/mol. The minimum atomic E-state index is -0.700. The van der Waals surface area contributed by atoms with E-state index in [0.717, 1.165) is 5.69 Å². The maximum absolute atomic E-state index is 13.5. The van der Waals surface area contributed by atoms with Crippen LogP contribution in [0.1, 0.15) is 11.3 Å². The Bertz CT molecular complexity index is 940. The predicted octanol–water partition coefficient (Wildman–Crippen LogP) is 3.32. The first-order valence-corrected chi connectivity index (χ1v) is 9.45. The third-order valence-corrected chi connectivity index (χ3v) is 4.54. The fourth-order valence-electron chi connectivity index (χ4n) is 2.95. The number of rotatable bonds is 9. The van der Waals surface area contributed by atoms with Gasteiger partial charge in [-0.3, -0.25) is 4.79 Å². The average Bonchev–Trinajstić information content (AvgIpc) is 3.16. The van der Waals surface area contributed by atoms with E-state index < -0.39 is 11.9 Å². The second-order valence-corrected chi connectivity index (χ2v) is 6.87. The second kappa shape index (κ2) is 12.9. The molecule has 2 N–H and O–H groups in total. The molecule has 0 radical (unpaired) electrons.